The predicted octanol–water partition coefficient (Wildman–Crippen LogP) is 1.15. The molecule has 96 valence electrons. The highest BCUT2D eigenvalue weighted by molar-refractivity contribution is 5.38. The highest BCUT2D eigenvalue weighted by Gasteiger charge is 2.10. The second kappa shape index (κ2) is 5.14. The molecule has 1 aromatic heterocycles. The maximum Gasteiger partial charge on any atom is 0.212 e. The standard InChI is InChI=1S/C12H16N4O2/c1-8-4-5-11(10(6-8)9(2)17)18-7-12-13-15-16(3)14-12/h4-6,9,17H,7H2,1-3H3/t9-/m1/s1. The number of aliphatic hydroxyl groups excluding tert-OH is 1. The lowest BCUT2D eigenvalue weighted by Crippen LogP contribution is -2.03. The van der Waals surface area contributed by atoms with Crippen molar-refractivity contribution in [2.45, 2.75) is 26.6 Å². The van der Waals surface area contributed by atoms with Gasteiger partial charge in [-0.1, -0.05) is 11.6 Å². The zero-order valence-corrected chi connectivity index (χ0v) is 10.7. The number of hydrogen-bond donors (Lipinski definition) is 1. The summed E-state index contributed by atoms with van der Waals surface area (Å²) >= 11 is 0. The van der Waals surface area contributed by atoms with Gasteiger partial charge in [0.25, 0.3) is 0 Å². The van der Waals surface area contributed by atoms with Gasteiger partial charge in [0, 0.05) is 5.56 Å². The summed E-state index contributed by atoms with van der Waals surface area (Å²) in [6.07, 6.45) is -0.574. The van der Waals surface area contributed by atoms with Crippen LogP contribution in [0.3, 0.4) is 0 Å². The molecule has 6 nitrogen and oxygen atoms in total. The summed E-state index contributed by atoms with van der Waals surface area (Å²) in [4.78, 5) is 1.38. The van der Waals surface area contributed by atoms with Crippen LogP contribution in [-0.2, 0) is 13.7 Å². The Labute approximate surface area is 105 Å². The Balaban J connectivity index is 2.13. The molecule has 0 bridgehead atoms. The van der Waals surface area contributed by atoms with E-state index in [1.165, 1.54) is 4.80 Å². The van der Waals surface area contributed by atoms with Gasteiger partial charge in [0.2, 0.25) is 5.82 Å². The molecule has 18 heavy (non-hydrogen) atoms. The van der Waals surface area contributed by atoms with Crippen molar-refractivity contribution in [1.82, 2.24) is 20.2 Å². The van der Waals surface area contributed by atoms with Crippen molar-refractivity contribution >= 4 is 0 Å². The molecule has 2 aromatic rings. The normalized spacial score (nSPS) is 12.4. The van der Waals surface area contributed by atoms with E-state index in [4.69, 9.17) is 4.74 Å². The van der Waals surface area contributed by atoms with E-state index in [0.717, 1.165) is 11.1 Å². The maximum atomic E-state index is 9.70. The van der Waals surface area contributed by atoms with Crippen molar-refractivity contribution in [3.8, 4) is 5.75 Å². The van der Waals surface area contributed by atoms with Crippen LogP contribution < -0.4 is 4.74 Å². The topological polar surface area (TPSA) is 73.1 Å². The van der Waals surface area contributed by atoms with Crippen LogP contribution in [-0.4, -0.2) is 25.3 Å². The number of hydrogen-bond acceptors (Lipinski definition) is 5. The summed E-state index contributed by atoms with van der Waals surface area (Å²) in [7, 11) is 1.70. The van der Waals surface area contributed by atoms with Crippen LogP contribution in [0.4, 0.5) is 0 Å². The van der Waals surface area contributed by atoms with Gasteiger partial charge >= 0.3 is 0 Å². The molecular weight excluding hydrogens is 232 g/mol. The molecule has 0 aliphatic rings. The summed E-state index contributed by atoms with van der Waals surface area (Å²) in [5.74, 6) is 1.15. The van der Waals surface area contributed by atoms with E-state index in [-0.39, 0.29) is 6.61 Å². The van der Waals surface area contributed by atoms with Gasteiger partial charge in [-0.15, -0.1) is 10.2 Å². The first-order chi connectivity index (χ1) is 8.56. The van der Waals surface area contributed by atoms with Gasteiger partial charge in [0.15, 0.2) is 6.61 Å². The maximum absolute atomic E-state index is 9.70. The van der Waals surface area contributed by atoms with Crippen molar-refractivity contribution in [2.24, 2.45) is 7.05 Å². The Kier molecular flexibility index (Phi) is 3.57. The van der Waals surface area contributed by atoms with Gasteiger partial charge in [-0.2, -0.15) is 4.80 Å². The van der Waals surface area contributed by atoms with Gasteiger partial charge in [-0.3, -0.25) is 0 Å². The lowest BCUT2D eigenvalue weighted by atomic mass is 10.1. The summed E-state index contributed by atoms with van der Waals surface area (Å²) in [5, 5.41) is 21.3. The Morgan fingerprint density at radius 2 is 2.22 bits per heavy atom. The zero-order valence-electron chi connectivity index (χ0n) is 10.7. The lowest BCUT2D eigenvalue weighted by Gasteiger charge is -2.13. The van der Waals surface area contributed by atoms with Crippen molar-refractivity contribution < 1.29 is 9.84 Å². The fourth-order valence-electron chi connectivity index (χ4n) is 1.65. The molecule has 1 heterocycles. The highest BCUT2D eigenvalue weighted by Crippen LogP contribution is 2.26. The number of rotatable bonds is 4. The number of aliphatic hydroxyl groups is 1. The van der Waals surface area contributed by atoms with Gasteiger partial charge in [0.1, 0.15) is 5.75 Å². The first-order valence-corrected chi connectivity index (χ1v) is 5.70. The smallest absolute Gasteiger partial charge is 0.212 e. The van der Waals surface area contributed by atoms with Crippen molar-refractivity contribution in [1.29, 1.82) is 0 Å². The van der Waals surface area contributed by atoms with E-state index in [1.807, 2.05) is 25.1 Å². The van der Waals surface area contributed by atoms with Gasteiger partial charge in [0.05, 0.1) is 13.2 Å². The Morgan fingerprint density at radius 1 is 1.44 bits per heavy atom. The average Bonchev–Trinajstić information content (AvgIpc) is 2.73. The molecule has 1 N–H and O–H groups in total. The summed E-state index contributed by atoms with van der Waals surface area (Å²) < 4.78 is 5.61. The molecule has 0 spiro atoms. The summed E-state index contributed by atoms with van der Waals surface area (Å²) in [6.45, 7) is 3.92. The number of aryl methyl sites for hydroxylation is 2. The summed E-state index contributed by atoms with van der Waals surface area (Å²) in [5.41, 5.74) is 1.84. The fourth-order valence-corrected chi connectivity index (χ4v) is 1.65. The minimum atomic E-state index is -0.574. The predicted molar refractivity (Wildman–Crippen MR) is 64.9 cm³/mol. The highest BCUT2D eigenvalue weighted by atomic mass is 16.5. The van der Waals surface area contributed by atoms with Crippen molar-refractivity contribution in [3.63, 3.8) is 0 Å². The van der Waals surface area contributed by atoms with Crippen molar-refractivity contribution in [2.75, 3.05) is 0 Å². The van der Waals surface area contributed by atoms with Crippen LogP contribution in [0, 0.1) is 6.92 Å². The first-order valence-electron chi connectivity index (χ1n) is 5.70. The number of benzene rings is 1. The van der Waals surface area contributed by atoms with Gasteiger partial charge in [-0.25, -0.2) is 0 Å². The second-order valence-electron chi connectivity index (χ2n) is 4.20. The minimum Gasteiger partial charge on any atom is -0.485 e. The molecule has 0 saturated heterocycles. The third kappa shape index (κ3) is 2.84. The van der Waals surface area contributed by atoms with Gasteiger partial charge in [-0.05, 0) is 31.2 Å². The number of ether oxygens (including phenoxy) is 1. The number of tetrazole rings is 1. The monoisotopic (exact) mass is 248 g/mol. The van der Waals surface area contributed by atoms with Crippen LogP contribution in [0.15, 0.2) is 18.2 Å². The zero-order chi connectivity index (χ0) is 13.1. The molecule has 0 aliphatic carbocycles. The summed E-state index contributed by atoms with van der Waals surface area (Å²) in [6, 6.07) is 5.68. The van der Waals surface area contributed by atoms with E-state index in [0.29, 0.717) is 11.6 Å². The van der Waals surface area contributed by atoms with Crippen LogP contribution in [0.5, 0.6) is 5.75 Å². The molecule has 0 radical (unpaired) electrons. The molecule has 1 atom stereocenters. The van der Waals surface area contributed by atoms with E-state index < -0.39 is 6.10 Å². The third-order valence-electron chi connectivity index (χ3n) is 2.52. The van der Waals surface area contributed by atoms with Crippen LogP contribution in [0.1, 0.15) is 30.0 Å². The van der Waals surface area contributed by atoms with E-state index in [1.54, 1.807) is 14.0 Å². The molecule has 6 heteroatoms. The van der Waals surface area contributed by atoms with E-state index in [9.17, 15) is 5.11 Å². The third-order valence-corrected chi connectivity index (χ3v) is 2.52. The molecule has 2 rings (SSSR count). The van der Waals surface area contributed by atoms with E-state index in [2.05, 4.69) is 15.4 Å². The molecule has 0 fully saturated rings. The SMILES string of the molecule is Cc1ccc(OCc2nnn(C)n2)c([C@@H](C)O)c1. The Hall–Kier alpha value is -1.95. The second-order valence-corrected chi connectivity index (χ2v) is 4.20. The Morgan fingerprint density at radius 3 is 2.83 bits per heavy atom. The minimum absolute atomic E-state index is 0.233. The fraction of sp³-hybridized carbons (Fsp3) is 0.417. The van der Waals surface area contributed by atoms with Gasteiger partial charge < -0.3 is 9.84 Å². The molecule has 0 aliphatic heterocycles. The first kappa shape index (κ1) is 12.5. The molecular formula is C12H16N4O2. The number of aromatic nitrogens is 4. The van der Waals surface area contributed by atoms with Crippen LogP contribution in [0.2, 0.25) is 0 Å². The van der Waals surface area contributed by atoms with Crippen LogP contribution in [0.25, 0.3) is 0 Å². The quantitative estimate of drug-likeness (QED) is 0.878. The average molecular weight is 248 g/mol. The molecule has 0 amide bonds. The largest absolute Gasteiger partial charge is 0.485 e. The lowest BCUT2D eigenvalue weighted by molar-refractivity contribution is 0.189. The van der Waals surface area contributed by atoms with Crippen molar-refractivity contribution in [3.05, 3.63) is 35.2 Å². The molecule has 1 aromatic carbocycles. The molecule has 0 saturated carbocycles. The van der Waals surface area contributed by atoms with E-state index >= 15 is 0 Å². The molecule has 0 unspecified atom stereocenters. The number of nitrogens with zero attached hydrogens (tertiary/aromatic N) is 4. The van der Waals surface area contributed by atoms with Crippen LogP contribution >= 0.6 is 0 Å². The Bertz CT molecular complexity index is 537.